The number of Topliss-reactive ketones (excluding diaryl/α,β-unsaturated/α-hetero) is 2. The number of carbonyl (C=O) groups excluding carboxylic acids is 4. The van der Waals surface area contributed by atoms with Crippen molar-refractivity contribution >= 4 is 35.5 Å². The summed E-state index contributed by atoms with van der Waals surface area (Å²) < 4.78 is 24.4. The number of cyclic esters (lactones) is 1. The quantitative estimate of drug-likeness (QED) is 0.118. The molecule has 1 amide bonds. The topological polar surface area (TPSA) is 227 Å². The van der Waals surface area contributed by atoms with Crippen LogP contribution < -0.4 is 0 Å². The van der Waals surface area contributed by atoms with E-state index in [-0.39, 0.29) is 67.9 Å². The molecule has 3 fully saturated rings. The number of benzene rings is 1. The normalized spacial score (nSPS) is 37.1. The van der Waals surface area contributed by atoms with Gasteiger partial charge < -0.3 is 49.4 Å². The zero-order valence-electron chi connectivity index (χ0n) is 39.7. The maximum atomic E-state index is 14.5. The number of piperidine rings is 1. The Labute approximate surface area is 389 Å². The number of aliphatic hydroxyl groups excluding tert-OH is 3. The summed E-state index contributed by atoms with van der Waals surface area (Å²) in [6.07, 6.45) is 6.12. The number of hydrogen-bond acceptors (Lipinski definition) is 13. The average Bonchev–Trinajstić information content (AvgIpc) is 3.29. The van der Waals surface area contributed by atoms with Gasteiger partial charge in [0.2, 0.25) is 5.79 Å². The van der Waals surface area contributed by atoms with Crippen LogP contribution in [0.4, 0.5) is 0 Å². The first kappa shape index (κ1) is 52.9. The summed E-state index contributed by atoms with van der Waals surface area (Å²) in [5.41, 5.74) is 2.38. The Bertz CT molecular complexity index is 1940. The highest BCUT2D eigenvalue weighted by molar-refractivity contribution is 6.39. The molecular weight excluding hydrogens is 851 g/mol. The number of allylic oxidation sites excluding steroid dienone is 4. The molecule has 2 bridgehead atoms. The molecule has 15 heteroatoms. The van der Waals surface area contributed by atoms with Crippen LogP contribution >= 0.6 is 0 Å². The van der Waals surface area contributed by atoms with E-state index in [0.717, 1.165) is 16.0 Å². The molecule has 1 unspecified atom stereocenters. The number of carboxylic acid groups (broad SMARTS) is 1. The lowest BCUT2D eigenvalue weighted by molar-refractivity contribution is -0.302. The van der Waals surface area contributed by atoms with E-state index in [9.17, 15) is 49.5 Å². The van der Waals surface area contributed by atoms with Crippen LogP contribution in [0.3, 0.4) is 0 Å². The van der Waals surface area contributed by atoms with Gasteiger partial charge in [0.25, 0.3) is 11.7 Å². The fourth-order valence-electron chi connectivity index (χ4n) is 10.4. The Balaban J connectivity index is 1.55. The highest BCUT2D eigenvalue weighted by Crippen LogP contribution is 2.39. The van der Waals surface area contributed by atoms with Crippen LogP contribution in [0.2, 0.25) is 0 Å². The van der Waals surface area contributed by atoms with Gasteiger partial charge in [0, 0.05) is 57.5 Å². The van der Waals surface area contributed by atoms with Crippen molar-refractivity contribution in [3.63, 3.8) is 0 Å². The van der Waals surface area contributed by atoms with Gasteiger partial charge in [0.15, 0.2) is 0 Å². The zero-order chi connectivity index (χ0) is 48.5. The van der Waals surface area contributed by atoms with Crippen LogP contribution in [-0.2, 0) is 38.1 Å². The van der Waals surface area contributed by atoms with E-state index in [1.54, 1.807) is 32.9 Å². The zero-order valence-corrected chi connectivity index (χ0v) is 39.7. The fraction of sp³-hybridized carbons (Fsp3) is 0.667. The summed E-state index contributed by atoms with van der Waals surface area (Å²) in [5, 5.41) is 53.9. The number of amides is 1. The largest absolute Gasteiger partial charge is 0.478 e. The van der Waals surface area contributed by atoms with Gasteiger partial charge in [-0.1, -0.05) is 62.8 Å². The Kier molecular flexibility index (Phi) is 19.0. The molecule has 366 valence electrons. The monoisotopic (exact) mass is 924 g/mol. The molecule has 2 saturated heterocycles. The minimum Gasteiger partial charge on any atom is -0.478 e. The Morgan fingerprint density at radius 2 is 1.61 bits per heavy atom. The lowest BCUT2D eigenvalue weighted by atomic mass is 9.78. The summed E-state index contributed by atoms with van der Waals surface area (Å²) in [4.78, 5) is 70.1. The minimum absolute atomic E-state index is 0.0477. The van der Waals surface area contributed by atoms with Crippen molar-refractivity contribution < 1.29 is 68.5 Å². The summed E-state index contributed by atoms with van der Waals surface area (Å²) >= 11 is 0. The van der Waals surface area contributed by atoms with Gasteiger partial charge in [-0.3, -0.25) is 14.4 Å². The van der Waals surface area contributed by atoms with E-state index in [4.69, 9.17) is 18.9 Å². The molecule has 1 aliphatic carbocycles. The maximum Gasteiger partial charge on any atom is 0.335 e. The molecule has 15 nitrogen and oxygen atoms in total. The van der Waals surface area contributed by atoms with Gasteiger partial charge >= 0.3 is 11.9 Å². The van der Waals surface area contributed by atoms with Crippen LogP contribution in [-0.4, -0.2) is 136 Å². The maximum absolute atomic E-state index is 14.5. The van der Waals surface area contributed by atoms with Crippen molar-refractivity contribution in [3.8, 4) is 0 Å². The number of nitrogens with zero attached hydrogens (tertiary/aromatic N) is 1. The van der Waals surface area contributed by atoms with Crippen LogP contribution in [0.25, 0.3) is 6.08 Å². The molecule has 4 aliphatic rings. The van der Waals surface area contributed by atoms with Crippen molar-refractivity contribution in [2.24, 2.45) is 35.5 Å². The van der Waals surface area contributed by atoms with Crippen LogP contribution in [0, 0.1) is 35.5 Å². The third kappa shape index (κ3) is 12.9. The third-order valence-corrected chi connectivity index (χ3v) is 14.4. The van der Waals surface area contributed by atoms with E-state index in [0.29, 0.717) is 50.5 Å². The number of fused-ring (bicyclic) bond motifs is 3. The molecule has 14 atom stereocenters. The Morgan fingerprint density at radius 3 is 2.26 bits per heavy atom. The highest BCUT2D eigenvalue weighted by Gasteiger charge is 2.56. The predicted octanol–water partition coefficient (Wildman–Crippen LogP) is 5.46. The Morgan fingerprint density at radius 1 is 0.924 bits per heavy atom. The number of rotatable bonds is 9. The fourth-order valence-corrected chi connectivity index (χ4v) is 10.4. The lowest BCUT2D eigenvalue weighted by Crippen LogP contribution is -2.64. The van der Waals surface area contributed by atoms with Gasteiger partial charge in [-0.2, -0.15) is 0 Å². The third-order valence-electron chi connectivity index (χ3n) is 14.4. The second kappa shape index (κ2) is 23.8. The first-order chi connectivity index (χ1) is 31.3. The van der Waals surface area contributed by atoms with Crippen molar-refractivity contribution in [2.75, 3.05) is 27.4 Å². The highest BCUT2D eigenvalue weighted by atomic mass is 16.7. The number of aliphatic hydroxyl groups is 4. The van der Waals surface area contributed by atoms with E-state index < -0.39 is 89.8 Å². The molecule has 5 N–H and O–H groups in total. The van der Waals surface area contributed by atoms with Crippen LogP contribution in [0.15, 0.2) is 53.6 Å². The second-order valence-corrected chi connectivity index (χ2v) is 19.5. The molecule has 66 heavy (non-hydrogen) atoms. The molecule has 0 aromatic heterocycles. The SMILES string of the molecule is CO[C@H]1C[C@@H](C)C/C(C)=C/[C@@H](C/C=C/c2ccc(C(=O)O)cc2)C(=O)C[C@H](O)[C@@H](C)[C@@H](/C(C)=C/[C@@H]2CC[C@@H](O)[C@H](CO)C2)OC(=O)C2CCCCN2C(=O)C(=O)[C@]2(O)O[C@H]1[C@@H](OC)C[C@H]2C. The number of esters is 1. The van der Waals surface area contributed by atoms with Gasteiger partial charge in [0.1, 0.15) is 24.0 Å². The van der Waals surface area contributed by atoms with E-state index in [1.807, 2.05) is 38.2 Å². The van der Waals surface area contributed by atoms with Crippen molar-refractivity contribution in [2.45, 2.75) is 154 Å². The van der Waals surface area contributed by atoms with Gasteiger partial charge in [-0.05, 0) is 113 Å². The summed E-state index contributed by atoms with van der Waals surface area (Å²) in [5.74, 6) is -9.79. The number of ketones is 2. The number of carboxylic acids is 1. The Hall–Kier alpha value is -4.09. The predicted molar refractivity (Wildman–Crippen MR) is 245 cm³/mol. The summed E-state index contributed by atoms with van der Waals surface area (Å²) in [6, 6.07) is 5.17. The summed E-state index contributed by atoms with van der Waals surface area (Å²) in [7, 11) is 3.01. The molecule has 3 heterocycles. The molecule has 0 spiro atoms. The van der Waals surface area contributed by atoms with Crippen molar-refractivity contribution in [1.82, 2.24) is 4.90 Å². The first-order valence-corrected chi connectivity index (χ1v) is 23.7. The van der Waals surface area contributed by atoms with Gasteiger partial charge in [0.05, 0.1) is 30.0 Å². The molecule has 0 radical (unpaired) electrons. The lowest BCUT2D eigenvalue weighted by Gasteiger charge is -2.47. The van der Waals surface area contributed by atoms with Crippen LogP contribution in [0.1, 0.15) is 121 Å². The van der Waals surface area contributed by atoms with E-state index in [1.165, 1.54) is 26.4 Å². The van der Waals surface area contributed by atoms with Crippen molar-refractivity contribution in [1.29, 1.82) is 0 Å². The van der Waals surface area contributed by atoms with E-state index in [2.05, 4.69) is 0 Å². The number of hydrogen-bond donors (Lipinski definition) is 5. The van der Waals surface area contributed by atoms with Gasteiger partial charge in [-0.25, -0.2) is 9.59 Å². The minimum atomic E-state index is -2.56. The molecule has 1 aromatic carbocycles. The van der Waals surface area contributed by atoms with Gasteiger partial charge in [-0.15, -0.1) is 0 Å². The number of carbonyl (C=O) groups is 5. The van der Waals surface area contributed by atoms with E-state index >= 15 is 0 Å². The number of methoxy groups -OCH3 is 2. The smallest absolute Gasteiger partial charge is 0.335 e. The number of aromatic carboxylic acids is 1. The van der Waals surface area contributed by atoms with Crippen LogP contribution in [0.5, 0.6) is 0 Å². The molecule has 5 rings (SSSR count). The number of ether oxygens (including phenoxy) is 4. The molecule has 1 saturated carbocycles. The summed E-state index contributed by atoms with van der Waals surface area (Å²) in [6.45, 7) is 8.87. The van der Waals surface area contributed by atoms with Crippen molar-refractivity contribution in [3.05, 3.63) is 64.8 Å². The molecule has 3 aliphatic heterocycles. The molecular formula is C51H73NO14. The standard InChI is InChI=1S/C51H73NO14/c1-29-21-30(2)23-43(63-6)46-44(64-7)25-32(4)51(62,66-46)47(57)48(58)52-20-9-8-13-39(52)50(61)65-45(31(3)24-35-16-19-40(54)38(26-35)28-53)33(5)41(55)27-42(56)37(22-29)12-10-11-34-14-17-36(18-15-34)49(59)60/h10-11,14-15,17-18,22,24,30,32-33,35,37-41,43-46,53-55,62H,8-9,12-13,16,19-21,23,25-28H2,1-7H3,(H,59,60)/b11-10+,29-22+,31-24+/t30-,32+,33+,35-,37+,38-,39?,40+,41-,43-,44-,45+,46+,51+/m0/s1. The average molecular weight is 924 g/mol. The second-order valence-electron chi connectivity index (χ2n) is 19.5. The molecule has 1 aromatic rings. The first-order valence-electron chi connectivity index (χ1n) is 23.7.